The van der Waals surface area contributed by atoms with Gasteiger partial charge in [0.1, 0.15) is 28.0 Å². The van der Waals surface area contributed by atoms with Gasteiger partial charge in [-0.25, -0.2) is 9.97 Å². The maximum absolute atomic E-state index is 13.2. The standard InChI is InChI=1S/C25H26N4O3S/c1-14-21-23(26)28-20(12-16-8-6-5-7-9-16)29-25(21)33-22(14)24(30)27-15(2)18-13-17(31-3)10-11-19(18)32-4/h5-11,13,15H,12H2,1-4H3,(H,27,30)(H2,26,28,29). The number of nitrogens with two attached hydrogens (primary N) is 1. The van der Waals surface area contributed by atoms with Crippen LogP contribution in [0.15, 0.2) is 48.5 Å². The Morgan fingerprint density at radius 1 is 1.12 bits per heavy atom. The molecule has 2 aromatic carbocycles. The topological polar surface area (TPSA) is 99.4 Å². The lowest BCUT2D eigenvalue weighted by atomic mass is 10.1. The Labute approximate surface area is 196 Å². The van der Waals surface area contributed by atoms with Crippen LogP contribution in [-0.2, 0) is 6.42 Å². The number of hydrogen-bond acceptors (Lipinski definition) is 7. The zero-order valence-electron chi connectivity index (χ0n) is 19.0. The molecule has 4 aromatic rings. The largest absolute Gasteiger partial charge is 0.497 e. The number of methoxy groups -OCH3 is 2. The van der Waals surface area contributed by atoms with Crippen LogP contribution in [0.25, 0.3) is 10.2 Å². The van der Waals surface area contributed by atoms with Crippen molar-refractivity contribution >= 4 is 33.3 Å². The minimum absolute atomic E-state index is 0.197. The van der Waals surface area contributed by atoms with E-state index < -0.39 is 0 Å². The van der Waals surface area contributed by atoms with Gasteiger partial charge in [0, 0.05) is 12.0 Å². The van der Waals surface area contributed by atoms with Crippen molar-refractivity contribution in [3.63, 3.8) is 0 Å². The molecule has 0 aliphatic heterocycles. The van der Waals surface area contributed by atoms with E-state index in [0.717, 1.165) is 22.1 Å². The van der Waals surface area contributed by atoms with E-state index in [1.54, 1.807) is 14.2 Å². The highest BCUT2D eigenvalue weighted by molar-refractivity contribution is 7.20. The summed E-state index contributed by atoms with van der Waals surface area (Å²) in [5.74, 6) is 2.20. The molecule has 8 heteroatoms. The molecule has 0 aliphatic rings. The Hall–Kier alpha value is -3.65. The number of benzene rings is 2. The van der Waals surface area contributed by atoms with Crippen molar-refractivity contribution in [2.24, 2.45) is 0 Å². The minimum atomic E-state index is -0.302. The van der Waals surface area contributed by atoms with E-state index in [2.05, 4.69) is 10.3 Å². The number of carbonyl (C=O) groups is 1. The van der Waals surface area contributed by atoms with Crippen molar-refractivity contribution in [2.75, 3.05) is 20.0 Å². The van der Waals surface area contributed by atoms with Gasteiger partial charge in [0.05, 0.1) is 30.5 Å². The molecular formula is C25H26N4O3S. The first-order chi connectivity index (χ1) is 15.9. The number of ether oxygens (including phenoxy) is 2. The Morgan fingerprint density at radius 2 is 1.88 bits per heavy atom. The second-order valence-electron chi connectivity index (χ2n) is 7.73. The molecule has 0 bridgehead atoms. The summed E-state index contributed by atoms with van der Waals surface area (Å²) in [7, 11) is 3.21. The van der Waals surface area contributed by atoms with Crippen LogP contribution in [0.2, 0.25) is 0 Å². The molecule has 4 rings (SSSR count). The van der Waals surface area contributed by atoms with Crippen LogP contribution in [0.1, 0.15) is 45.2 Å². The third-order valence-electron chi connectivity index (χ3n) is 5.53. The molecule has 2 aromatic heterocycles. The predicted octanol–water partition coefficient (Wildman–Crippen LogP) is 4.68. The number of aryl methyl sites for hydroxylation is 1. The van der Waals surface area contributed by atoms with Gasteiger partial charge >= 0.3 is 0 Å². The molecule has 2 heterocycles. The summed E-state index contributed by atoms with van der Waals surface area (Å²) in [6, 6.07) is 15.2. The van der Waals surface area contributed by atoms with Crippen molar-refractivity contribution in [2.45, 2.75) is 26.3 Å². The quantitative estimate of drug-likeness (QED) is 0.414. The van der Waals surface area contributed by atoms with Gasteiger partial charge in [-0.3, -0.25) is 4.79 Å². The van der Waals surface area contributed by atoms with Gasteiger partial charge in [-0.2, -0.15) is 0 Å². The Kier molecular flexibility index (Phi) is 6.46. The highest BCUT2D eigenvalue weighted by atomic mass is 32.1. The SMILES string of the molecule is COc1ccc(OC)c(C(C)NC(=O)c2sc3nc(Cc4ccccc4)nc(N)c3c2C)c1. The Morgan fingerprint density at radius 3 is 2.58 bits per heavy atom. The molecule has 1 unspecified atom stereocenters. The summed E-state index contributed by atoms with van der Waals surface area (Å²) in [5.41, 5.74) is 8.99. The normalized spacial score (nSPS) is 11.9. The molecule has 0 spiro atoms. The maximum Gasteiger partial charge on any atom is 0.262 e. The monoisotopic (exact) mass is 462 g/mol. The number of nitrogens with zero attached hydrogens (tertiary/aromatic N) is 2. The van der Waals surface area contributed by atoms with E-state index >= 15 is 0 Å². The van der Waals surface area contributed by atoms with Gasteiger partial charge in [-0.15, -0.1) is 11.3 Å². The Balaban J connectivity index is 1.62. The van der Waals surface area contributed by atoms with Crippen LogP contribution in [0.4, 0.5) is 5.82 Å². The van der Waals surface area contributed by atoms with Crippen LogP contribution < -0.4 is 20.5 Å². The fraction of sp³-hybridized carbons (Fsp3) is 0.240. The van der Waals surface area contributed by atoms with Crippen LogP contribution in [0.3, 0.4) is 0 Å². The van der Waals surface area contributed by atoms with Gasteiger partial charge in [0.15, 0.2) is 0 Å². The number of anilines is 1. The van der Waals surface area contributed by atoms with E-state index in [1.165, 1.54) is 11.3 Å². The van der Waals surface area contributed by atoms with Crippen molar-refractivity contribution in [1.82, 2.24) is 15.3 Å². The number of nitrogens with one attached hydrogen (secondary N) is 1. The van der Waals surface area contributed by atoms with Gasteiger partial charge in [0.2, 0.25) is 0 Å². The Bertz CT molecular complexity index is 1300. The lowest BCUT2D eigenvalue weighted by Gasteiger charge is -2.18. The fourth-order valence-electron chi connectivity index (χ4n) is 3.81. The second kappa shape index (κ2) is 9.46. The van der Waals surface area contributed by atoms with E-state index in [-0.39, 0.29) is 11.9 Å². The van der Waals surface area contributed by atoms with Crippen molar-refractivity contribution in [3.05, 3.63) is 75.9 Å². The molecule has 1 amide bonds. The lowest BCUT2D eigenvalue weighted by molar-refractivity contribution is 0.0943. The molecule has 33 heavy (non-hydrogen) atoms. The van der Waals surface area contributed by atoms with E-state index in [9.17, 15) is 4.79 Å². The third-order valence-corrected chi connectivity index (χ3v) is 6.71. The summed E-state index contributed by atoms with van der Waals surface area (Å²) in [6.45, 7) is 3.78. The minimum Gasteiger partial charge on any atom is -0.497 e. The molecule has 0 saturated heterocycles. The molecule has 3 N–H and O–H groups in total. The number of fused-ring (bicyclic) bond motifs is 1. The maximum atomic E-state index is 13.2. The number of aromatic nitrogens is 2. The first-order valence-electron chi connectivity index (χ1n) is 10.5. The fourth-order valence-corrected chi connectivity index (χ4v) is 4.92. The smallest absolute Gasteiger partial charge is 0.262 e. The molecule has 0 aliphatic carbocycles. The molecular weight excluding hydrogens is 436 g/mol. The first kappa shape index (κ1) is 22.5. The highest BCUT2D eigenvalue weighted by Gasteiger charge is 2.22. The molecule has 170 valence electrons. The summed E-state index contributed by atoms with van der Waals surface area (Å²) >= 11 is 1.33. The number of rotatable bonds is 7. The van der Waals surface area contributed by atoms with E-state index in [4.69, 9.17) is 20.2 Å². The zero-order chi connectivity index (χ0) is 23.5. The van der Waals surface area contributed by atoms with Crippen LogP contribution in [0, 0.1) is 6.92 Å². The van der Waals surface area contributed by atoms with Gasteiger partial charge < -0.3 is 20.5 Å². The summed E-state index contributed by atoms with van der Waals surface area (Å²) < 4.78 is 10.8. The number of carbonyl (C=O) groups excluding carboxylic acids is 1. The molecule has 0 fully saturated rings. The van der Waals surface area contributed by atoms with Crippen LogP contribution in [-0.4, -0.2) is 30.1 Å². The third kappa shape index (κ3) is 4.61. The first-order valence-corrected chi connectivity index (χ1v) is 11.3. The summed E-state index contributed by atoms with van der Waals surface area (Å²) in [4.78, 5) is 23.7. The highest BCUT2D eigenvalue weighted by Crippen LogP contribution is 2.34. The summed E-state index contributed by atoms with van der Waals surface area (Å²) in [6.07, 6.45) is 0.576. The number of hydrogen-bond donors (Lipinski definition) is 2. The lowest BCUT2D eigenvalue weighted by Crippen LogP contribution is -2.26. The predicted molar refractivity (Wildman–Crippen MR) is 131 cm³/mol. The van der Waals surface area contributed by atoms with E-state index in [1.807, 2.05) is 62.4 Å². The number of amides is 1. The molecule has 7 nitrogen and oxygen atoms in total. The molecule has 1 atom stereocenters. The van der Waals surface area contributed by atoms with Gasteiger partial charge in [-0.1, -0.05) is 30.3 Å². The van der Waals surface area contributed by atoms with Gasteiger partial charge in [-0.05, 0) is 43.2 Å². The van der Waals surface area contributed by atoms with Crippen LogP contribution >= 0.6 is 11.3 Å². The number of nitrogen functional groups attached to an aromatic ring is 1. The molecule has 0 saturated carbocycles. The summed E-state index contributed by atoms with van der Waals surface area (Å²) in [5, 5.41) is 3.79. The zero-order valence-corrected chi connectivity index (χ0v) is 19.8. The van der Waals surface area contributed by atoms with Crippen molar-refractivity contribution in [1.29, 1.82) is 0 Å². The van der Waals surface area contributed by atoms with Crippen molar-refractivity contribution in [3.8, 4) is 11.5 Å². The second-order valence-corrected chi connectivity index (χ2v) is 8.73. The van der Waals surface area contributed by atoms with Gasteiger partial charge in [0.25, 0.3) is 5.91 Å². The van der Waals surface area contributed by atoms with Crippen LogP contribution in [0.5, 0.6) is 11.5 Å². The average Bonchev–Trinajstić information content (AvgIpc) is 3.16. The number of thiophene rings is 1. The average molecular weight is 463 g/mol. The van der Waals surface area contributed by atoms with E-state index in [0.29, 0.717) is 39.3 Å². The molecule has 0 radical (unpaired) electrons. The van der Waals surface area contributed by atoms with Crippen molar-refractivity contribution < 1.29 is 14.3 Å².